The van der Waals surface area contributed by atoms with Crippen LogP contribution < -0.4 is 49.0 Å². The van der Waals surface area contributed by atoms with Gasteiger partial charge in [-0.2, -0.15) is 0 Å². The molecule has 0 aromatic rings. The second kappa shape index (κ2) is 13.5. The lowest BCUT2D eigenvalue weighted by Crippen LogP contribution is -2.85. The molecule has 2 rings (SSSR count). The number of quaternary nitrogens is 3. The van der Waals surface area contributed by atoms with E-state index in [2.05, 4.69) is 38.1 Å². The lowest BCUT2D eigenvalue weighted by Gasteiger charge is -2.42. The Morgan fingerprint density at radius 1 is 1.33 bits per heavy atom. The molecule has 0 radical (unpaired) electrons. The van der Waals surface area contributed by atoms with Crippen LogP contribution >= 0.6 is 0 Å². The van der Waals surface area contributed by atoms with Crippen LogP contribution in [0.2, 0.25) is 0 Å². The molecule has 2 heterocycles. The molecular weight excluding hydrogens is 484 g/mol. The maximum atomic E-state index is 12.7. The average molecular weight is 524 g/mol. The van der Waals surface area contributed by atoms with E-state index in [-0.39, 0.29) is 25.0 Å². The number of ether oxygens (including phenoxy) is 2. The second-order valence-electron chi connectivity index (χ2n) is 8.82. The minimum Gasteiger partial charge on any atom is -0.546 e. The fourth-order valence-corrected chi connectivity index (χ4v) is 4.17. The molecule has 2 aliphatic rings. The number of carboxylic acids is 1. The van der Waals surface area contributed by atoms with Crippen molar-refractivity contribution in [1.29, 1.82) is 0 Å². The zero-order chi connectivity index (χ0) is 27.0. The van der Waals surface area contributed by atoms with E-state index in [0.717, 1.165) is 6.42 Å². The number of carbonyl (C=O) groups is 3. The van der Waals surface area contributed by atoms with Crippen molar-refractivity contribution < 1.29 is 66.5 Å². The molecule has 2 amide bonds. The molecule has 1 saturated heterocycles. The number of nitrogens with one attached hydrogen (secondary N) is 4. The molecule has 18 N–H and O–H groups in total. The topological polar surface area (TPSA) is 312 Å². The maximum absolute atomic E-state index is 12.7. The number of aliphatic hydroxyl groups excluding tert-OH is 3. The Balaban J connectivity index is 2.25. The molecule has 0 bridgehead atoms. The van der Waals surface area contributed by atoms with Gasteiger partial charge in [0, 0.05) is 12.8 Å². The lowest BCUT2D eigenvalue weighted by molar-refractivity contribution is -0.505. The molecule has 17 heteroatoms. The Hall–Kier alpha value is -2.80. The van der Waals surface area contributed by atoms with Crippen molar-refractivity contribution in [3.8, 4) is 0 Å². The van der Waals surface area contributed by atoms with Gasteiger partial charge in [0.05, 0.1) is 31.6 Å². The highest BCUT2D eigenvalue weighted by molar-refractivity contribution is 5.81. The normalized spacial score (nSPS) is 31.5. The van der Waals surface area contributed by atoms with Gasteiger partial charge in [0.1, 0.15) is 36.9 Å². The Kier molecular flexibility index (Phi) is 11.0. The van der Waals surface area contributed by atoms with E-state index in [0.29, 0.717) is 13.0 Å². The highest BCUT2D eigenvalue weighted by Gasteiger charge is 2.50. The fraction of sp³-hybridized carbons (Fsp3) is 0.789. The van der Waals surface area contributed by atoms with Gasteiger partial charge in [0.2, 0.25) is 5.91 Å². The number of amides is 2. The van der Waals surface area contributed by atoms with E-state index in [4.69, 9.17) is 15.2 Å². The molecule has 0 aliphatic carbocycles. The summed E-state index contributed by atoms with van der Waals surface area (Å²) in [4.78, 5) is 38.2. The van der Waals surface area contributed by atoms with Crippen LogP contribution in [-0.4, -0.2) is 114 Å². The van der Waals surface area contributed by atoms with E-state index in [1.54, 1.807) is 0 Å². The molecule has 36 heavy (non-hydrogen) atoms. The summed E-state index contributed by atoms with van der Waals surface area (Å²) >= 11 is 0. The van der Waals surface area contributed by atoms with Gasteiger partial charge < -0.3 is 62.9 Å². The van der Waals surface area contributed by atoms with Crippen molar-refractivity contribution in [3.63, 3.8) is 0 Å². The van der Waals surface area contributed by atoms with E-state index in [1.807, 2.05) is 0 Å². The standard InChI is InChI=1S/C19H36N8O9/c20-3-1-2-7(22)4-10(30)24-13-14(31)15(36-18(23)34)9(6-28)35-16(13)27-19-25-11(8(29)5-21)12(26-19)17(32)33/h7-9,11-16,28-29,31H,1-6,20-22H2,(H2,23,34)(H,24,30)(H,32,33)(H2,25,26,27)/p+3/t7-,8+,9+,11+,12-,13+,14-,15-,16+/m0/s1. The van der Waals surface area contributed by atoms with Gasteiger partial charge in [-0.25, -0.2) is 10.1 Å². The van der Waals surface area contributed by atoms with Gasteiger partial charge >= 0.3 is 12.1 Å². The van der Waals surface area contributed by atoms with Crippen molar-refractivity contribution in [2.75, 3.05) is 19.7 Å². The number of carboxylic acid groups (broad SMARTS) is 1. The van der Waals surface area contributed by atoms with Crippen molar-refractivity contribution in [3.05, 3.63) is 0 Å². The van der Waals surface area contributed by atoms with Crippen molar-refractivity contribution >= 4 is 23.9 Å². The molecular formula is C19H39N8O9+3. The first-order valence-corrected chi connectivity index (χ1v) is 11.7. The first-order valence-electron chi connectivity index (χ1n) is 11.7. The van der Waals surface area contributed by atoms with E-state index in [9.17, 15) is 34.8 Å². The fourth-order valence-electron chi connectivity index (χ4n) is 4.17. The van der Waals surface area contributed by atoms with Gasteiger partial charge in [-0.05, 0) is 0 Å². The largest absolute Gasteiger partial charge is 0.546 e. The first-order chi connectivity index (χ1) is 17.0. The molecule has 206 valence electrons. The summed E-state index contributed by atoms with van der Waals surface area (Å²) < 4.78 is 10.7. The quantitative estimate of drug-likeness (QED) is 0.114. The minimum atomic E-state index is -1.58. The number of primary amides is 1. The van der Waals surface area contributed by atoms with Crippen molar-refractivity contribution in [1.82, 2.24) is 16.0 Å². The van der Waals surface area contributed by atoms with Gasteiger partial charge in [-0.1, -0.05) is 0 Å². The van der Waals surface area contributed by atoms with Gasteiger partial charge in [-0.15, -0.1) is 0 Å². The minimum absolute atomic E-state index is 0.00501. The van der Waals surface area contributed by atoms with Crippen LogP contribution in [-0.2, 0) is 19.1 Å². The predicted octanol–water partition coefficient (Wildman–Crippen LogP) is -11.2. The molecule has 0 aromatic heterocycles. The molecule has 17 nitrogen and oxygen atoms in total. The molecule has 0 saturated carbocycles. The molecule has 0 aromatic carbocycles. The molecule has 1 fully saturated rings. The zero-order valence-corrected chi connectivity index (χ0v) is 19.9. The molecule has 9 atom stereocenters. The van der Waals surface area contributed by atoms with Crippen LogP contribution in [0.15, 0.2) is 0 Å². The number of hydrogen-bond acceptors (Lipinski definition) is 11. The predicted molar refractivity (Wildman–Crippen MR) is 115 cm³/mol. The number of rotatable bonds is 12. The highest BCUT2D eigenvalue weighted by atomic mass is 16.6. The van der Waals surface area contributed by atoms with Crippen LogP contribution in [0.1, 0.15) is 19.3 Å². The zero-order valence-electron chi connectivity index (χ0n) is 19.9. The Morgan fingerprint density at radius 3 is 2.58 bits per heavy atom. The summed E-state index contributed by atoms with van der Waals surface area (Å²) in [5, 5.41) is 50.5. The third-order valence-electron chi connectivity index (χ3n) is 6.04. The molecule has 0 spiro atoms. The number of guanidine groups is 1. The highest BCUT2D eigenvalue weighted by Crippen LogP contribution is 2.23. The van der Waals surface area contributed by atoms with Gasteiger partial charge in [0.25, 0.3) is 0 Å². The lowest BCUT2D eigenvalue weighted by atomic mass is 9.95. The monoisotopic (exact) mass is 523 g/mol. The van der Waals surface area contributed by atoms with Crippen LogP contribution in [0, 0.1) is 0 Å². The Morgan fingerprint density at radius 2 is 2.03 bits per heavy atom. The van der Waals surface area contributed by atoms with E-state index >= 15 is 0 Å². The van der Waals surface area contributed by atoms with Crippen LogP contribution in [0.3, 0.4) is 0 Å². The van der Waals surface area contributed by atoms with Crippen molar-refractivity contribution in [2.24, 2.45) is 5.73 Å². The second-order valence-corrected chi connectivity index (χ2v) is 8.82. The summed E-state index contributed by atoms with van der Waals surface area (Å²) in [5.41, 5.74) is 16.3. The van der Waals surface area contributed by atoms with Gasteiger partial charge in [0.15, 0.2) is 18.4 Å². The summed E-state index contributed by atoms with van der Waals surface area (Å²) in [5.74, 6) is -1.97. The smallest absolute Gasteiger partial charge is 0.404 e. The third-order valence-corrected chi connectivity index (χ3v) is 6.04. The van der Waals surface area contributed by atoms with Crippen LogP contribution in [0.5, 0.6) is 0 Å². The number of carbonyl (C=O) groups excluding carboxylic acids is 3. The number of hydrogen-bond donors (Lipinski definition) is 11. The molecule has 0 unspecified atom stereocenters. The maximum Gasteiger partial charge on any atom is 0.404 e. The summed E-state index contributed by atoms with van der Waals surface area (Å²) in [6, 6.07) is -3.79. The molecule has 2 aliphatic heterocycles. The number of aliphatic carboxylic acids is 1. The van der Waals surface area contributed by atoms with E-state index < -0.39 is 73.3 Å². The number of aliphatic hydroxyl groups is 3. The van der Waals surface area contributed by atoms with Crippen molar-refractivity contribution in [2.45, 2.75) is 74.1 Å². The average Bonchev–Trinajstić information content (AvgIpc) is 3.25. The summed E-state index contributed by atoms with van der Waals surface area (Å²) in [6.45, 7) is 0.0199. The van der Waals surface area contributed by atoms with Gasteiger partial charge in [-0.3, -0.25) is 15.1 Å². The van der Waals surface area contributed by atoms with Crippen LogP contribution in [0.25, 0.3) is 0 Å². The SMILES string of the molecule is NC(=O)O[C@@H]1[C@@H](O)[C@@H](NC(=O)C[C@@H]([NH3+])CCC[NH3+])[C@H](NC2=[NH+][C@H](C(=O)[O-])[C@@H]([C@H](O)C[NH3+])N2)O[C@@H]1CO. The Labute approximate surface area is 206 Å². The summed E-state index contributed by atoms with van der Waals surface area (Å²) in [7, 11) is 0. The van der Waals surface area contributed by atoms with Crippen LogP contribution in [0.4, 0.5) is 4.79 Å². The first kappa shape index (κ1) is 29.4. The number of nitrogens with two attached hydrogens (primary N) is 1. The third kappa shape index (κ3) is 7.60. The van der Waals surface area contributed by atoms with E-state index in [1.165, 1.54) is 0 Å². The summed E-state index contributed by atoms with van der Waals surface area (Å²) in [6.07, 6.45) is -6.37. The Bertz CT molecular complexity index is 803.